The highest BCUT2D eigenvalue weighted by Crippen LogP contribution is 2.48. The van der Waals surface area contributed by atoms with Crippen molar-refractivity contribution in [2.45, 2.75) is 0 Å². The summed E-state index contributed by atoms with van der Waals surface area (Å²) in [6.07, 6.45) is 0. The molecule has 4 N–H and O–H groups in total. The fourth-order valence-corrected chi connectivity index (χ4v) is 3.00. The lowest BCUT2D eigenvalue weighted by atomic mass is 9.95. The van der Waals surface area contributed by atoms with E-state index in [1.54, 1.807) is 6.07 Å². The second kappa shape index (κ2) is 4.88. The van der Waals surface area contributed by atoms with Crippen molar-refractivity contribution in [1.82, 2.24) is 0 Å². The summed E-state index contributed by atoms with van der Waals surface area (Å²) in [4.78, 5) is 11.7. The Labute approximate surface area is 134 Å². The molecule has 122 valence electrons. The summed E-state index contributed by atoms with van der Waals surface area (Å²) in [5, 5.41) is 39.8. The van der Waals surface area contributed by atoms with Crippen molar-refractivity contribution in [1.29, 1.82) is 0 Å². The zero-order valence-electron chi connectivity index (χ0n) is 12.1. The van der Waals surface area contributed by atoms with Crippen LogP contribution in [0.5, 0.6) is 17.2 Å². The van der Waals surface area contributed by atoms with Crippen LogP contribution in [0.1, 0.15) is 10.4 Å². The summed E-state index contributed by atoms with van der Waals surface area (Å²) in [6.45, 7) is -0.0833. The molecule has 8 nitrogen and oxygen atoms in total. The van der Waals surface area contributed by atoms with Gasteiger partial charge in [-0.1, -0.05) is 6.07 Å². The first kappa shape index (κ1) is 14.4. The molecule has 3 aromatic carbocycles. The number of anilines is 1. The molecular formula is C16H11NO7. The van der Waals surface area contributed by atoms with Gasteiger partial charge >= 0.3 is 5.97 Å². The first-order valence-electron chi connectivity index (χ1n) is 6.90. The molecule has 0 fully saturated rings. The van der Waals surface area contributed by atoms with Crippen LogP contribution < -0.4 is 14.7 Å². The van der Waals surface area contributed by atoms with Crippen molar-refractivity contribution in [2.75, 3.05) is 12.0 Å². The number of aromatic hydroxyl groups is 1. The fraction of sp³-hybridized carbons (Fsp3) is 0.0625. The predicted octanol–water partition coefficient (Wildman–Crippen LogP) is 2.71. The van der Waals surface area contributed by atoms with Crippen LogP contribution in [-0.4, -0.2) is 33.4 Å². The molecular weight excluding hydrogens is 318 g/mol. The number of phenols is 1. The molecule has 0 saturated heterocycles. The number of phenolic OH excluding ortho intramolecular Hbond substituents is 1. The average molecular weight is 329 g/mol. The number of ether oxygens (including phenoxy) is 2. The zero-order chi connectivity index (χ0) is 17.0. The Bertz CT molecular complexity index is 1010. The summed E-state index contributed by atoms with van der Waals surface area (Å²) < 4.78 is 10.7. The molecule has 0 amide bonds. The Kier molecular flexibility index (Phi) is 2.92. The molecule has 0 radical (unpaired) electrons. The minimum atomic E-state index is -1.26. The van der Waals surface area contributed by atoms with E-state index in [0.717, 1.165) is 0 Å². The van der Waals surface area contributed by atoms with Crippen LogP contribution in [0.25, 0.3) is 21.5 Å². The molecule has 1 heterocycles. The fourth-order valence-electron chi connectivity index (χ4n) is 3.00. The van der Waals surface area contributed by atoms with Crippen molar-refractivity contribution in [2.24, 2.45) is 0 Å². The topological polar surface area (TPSA) is 120 Å². The smallest absolute Gasteiger partial charge is 0.336 e. The molecule has 0 spiro atoms. The summed E-state index contributed by atoms with van der Waals surface area (Å²) in [6, 6.07) is 7.15. The number of benzene rings is 3. The maximum absolute atomic E-state index is 11.7. The lowest BCUT2D eigenvalue weighted by Crippen LogP contribution is -2.13. The molecule has 24 heavy (non-hydrogen) atoms. The molecule has 8 heteroatoms. The van der Waals surface area contributed by atoms with Gasteiger partial charge in [0.15, 0.2) is 11.5 Å². The molecule has 0 saturated carbocycles. The van der Waals surface area contributed by atoms with Crippen LogP contribution in [0.2, 0.25) is 0 Å². The van der Waals surface area contributed by atoms with E-state index in [2.05, 4.69) is 0 Å². The Hall–Kier alpha value is -3.23. The van der Waals surface area contributed by atoms with Crippen LogP contribution in [0.15, 0.2) is 30.3 Å². The van der Waals surface area contributed by atoms with Gasteiger partial charge in [0, 0.05) is 10.8 Å². The standard InChI is InChI=1S/C16H11NO7/c18-8-2-1-7-3-11(17(21)22)13-10(16(19)20)5-12-15(24-6-23-12)14(13)9(7)4-8/h1-5,18,21-22H,6H2,(H,19,20). The third kappa shape index (κ3) is 1.91. The minimum Gasteiger partial charge on any atom is -0.508 e. The molecule has 0 aliphatic carbocycles. The van der Waals surface area contributed by atoms with Crippen molar-refractivity contribution in [3.05, 3.63) is 35.9 Å². The SMILES string of the molecule is O=C(O)c1cc2c(c3c1c(N(O)O)cc1ccc(O)cc13)OCO2. The van der Waals surface area contributed by atoms with E-state index in [1.165, 1.54) is 24.3 Å². The highest BCUT2D eigenvalue weighted by atomic mass is 16.8. The summed E-state index contributed by atoms with van der Waals surface area (Å²) in [7, 11) is 0. The normalized spacial score (nSPS) is 12.8. The number of carbonyl (C=O) groups is 1. The number of aromatic carboxylic acids is 1. The molecule has 1 aliphatic heterocycles. The maximum atomic E-state index is 11.7. The van der Waals surface area contributed by atoms with Gasteiger partial charge in [-0.15, -0.1) is 5.23 Å². The predicted molar refractivity (Wildman–Crippen MR) is 82.3 cm³/mol. The van der Waals surface area contributed by atoms with Crippen molar-refractivity contribution in [3.8, 4) is 17.2 Å². The van der Waals surface area contributed by atoms with Gasteiger partial charge in [0.1, 0.15) is 11.4 Å². The van der Waals surface area contributed by atoms with Gasteiger partial charge < -0.3 is 19.7 Å². The number of hydrogen-bond acceptors (Lipinski definition) is 7. The Morgan fingerprint density at radius 1 is 1.08 bits per heavy atom. The first-order valence-corrected chi connectivity index (χ1v) is 6.90. The summed E-state index contributed by atoms with van der Waals surface area (Å²) >= 11 is 0. The van der Waals surface area contributed by atoms with Gasteiger partial charge in [0.05, 0.1) is 5.56 Å². The van der Waals surface area contributed by atoms with Gasteiger partial charge in [0.2, 0.25) is 6.79 Å². The third-order valence-corrected chi connectivity index (χ3v) is 3.96. The van der Waals surface area contributed by atoms with E-state index in [9.17, 15) is 25.4 Å². The second-order valence-electron chi connectivity index (χ2n) is 5.30. The van der Waals surface area contributed by atoms with Crippen molar-refractivity contribution >= 4 is 33.2 Å². The molecule has 0 atom stereocenters. The number of fused-ring (bicyclic) bond motifs is 5. The lowest BCUT2D eigenvalue weighted by molar-refractivity contribution is 0.0300. The largest absolute Gasteiger partial charge is 0.508 e. The number of rotatable bonds is 2. The Morgan fingerprint density at radius 3 is 2.58 bits per heavy atom. The Balaban J connectivity index is 2.32. The highest BCUT2D eigenvalue weighted by Gasteiger charge is 2.27. The van der Waals surface area contributed by atoms with Gasteiger partial charge in [-0.05, 0) is 35.0 Å². The number of hydrogen-bond donors (Lipinski definition) is 4. The molecule has 0 aromatic heterocycles. The quantitative estimate of drug-likeness (QED) is 0.418. The van der Waals surface area contributed by atoms with E-state index >= 15 is 0 Å². The third-order valence-electron chi connectivity index (χ3n) is 3.96. The molecule has 1 aliphatic rings. The van der Waals surface area contributed by atoms with E-state index in [1.807, 2.05) is 0 Å². The molecule has 0 unspecified atom stereocenters. The van der Waals surface area contributed by atoms with Gasteiger partial charge in [-0.25, -0.2) is 4.79 Å². The maximum Gasteiger partial charge on any atom is 0.336 e. The van der Waals surface area contributed by atoms with E-state index in [4.69, 9.17) is 9.47 Å². The summed E-state index contributed by atoms with van der Waals surface area (Å²) in [5.41, 5.74) is -0.304. The molecule has 4 rings (SSSR count). The van der Waals surface area contributed by atoms with Crippen molar-refractivity contribution in [3.63, 3.8) is 0 Å². The van der Waals surface area contributed by atoms with Crippen LogP contribution in [0, 0.1) is 0 Å². The highest BCUT2D eigenvalue weighted by molar-refractivity contribution is 6.22. The summed E-state index contributed by atoms with van der Waals surface area (Å²) in [5.74, 6) is -0.755. The zero-order valence-corrected chi connectivity index (χ0v) is 12.1. The Morgan fingerprint density at radius 2 is 1.88 bits per heavy atom. The lowest BCUT2D eigenvalue weighted by Gasteiger charge is -2.17. The van der Waals surface area contributed by atoms with Crippen LogP contribution >= 0.6 is 0 Å². The van der Waals surface area contributed by atoms with E-state index < -0.39 is 5.97 Å². The van der Waals surface area contributed by atoms with E-state index in [-0.39, 0.29) is 45.9 Å². The van der Waals surface area contributed by atoms with Crippen LogP contribution in [-0.2, 0) is 0 Å². The van der Waals surface area contributed by atoms with Crippen LogP contribution in [0.4, 0.5) is 5.69 Å². The van der Waals surface area contributed by atoms with E-state index in [0.29, 0.717) is 16.2 Å². The van der Waals surface area contributed by atoms with Crippen LogP contribution in [0.3, 0.4) is 0 Å². The molecule has 0 bridgehead atoms. The molecule has 3 aromatic rings. The average Bonchev–Trinajstić information content (AvgIpc) is 3.00. The van der Waals surface area contributed by atoms with Gasteiger partial charge in [-0.3, -0.25) is 10.4 Å². The van der Waals surface area contributed by atoms with Gasteiger partial charge in [0.25, 0.3) is 0 Å². The number of carboxylic acids is 1. The van der Waals surface area contributed by atoms with Crippen molar-refractivity contribution < 1.29 is 34.9 Å². The number of nitrogens with zero attached hydrogens (tertiary/aromatic N) is 1. The van der Waals surface area contributed by atoms with Gasteiger partial charge in [-0.2, -0.15) is 0 Å². The first-order chi connectivity index (χ1) is 11.5. The minimum absolute atomic E-state index is 0.0187. The second-order valence-corrected chi connectivity index (χ2v) is 5.30. The monoisotopic (exact) mass is 329 g/mol. The number of carboxylic acid groups (broad SMARTS) is 1.